The molecule has 63 nitrogen and oxygen atoms in total. The van der Waals surface area contributed by atoms with Gasteiger partial charge in [0, 0.05) is 18.4 Å². The summed E-state index contributed by atoms with van der Waals surface area (Å²) in [6.45, 7) is -4.87. The van der Waals surface area contributed by atoms with Gasteiger partial charge in [-0.3, -0.25) is 42.7 Å². The van der Waals surface area contributed by atoms with Gasteiger partial charge in [-0.05, 0) is 25.0 Å². The van der Waals surface area contributed by atoms with Crippen LogP contribution in [0.15, 0.2) is 76.7 Å². The maximum atomic E-state index is 13.4. The lowest BCUT2D eigenvalue weighted by Gasteiger charge is -2.23. The number of fused-ring (bicyclic) bond motifs is 4. The molecule has 8 aliphatic rings. The van der Waals surface area contributed by atoms with Crippen LogP contribution >= 0.6 is 0 Å². The molecular weight excluding hydrogens is 1990 g/mol. The van der Waals surface area contributed by atoms with E-state index in [0.29, 0.717) is 45.0 Å². The molecular formula is C84H95F2N31O32. The minimum Gasteiger partial charge on any atom is -0.392 e. The molecule has 11 aromatic rings. The van der Waals surface area contributed by atoms with Gasteiger partial charge in [0.2, 0.25) is 11.9 Å². The summed E-state index contributed by atoms with van der Waals surface area (Å²) in [4.78, 5) is 92.3. The molecule has 11 aromatic heterocycles. The van der Waals surface area contributed by atoms with E-state index in [9.17, 15) is 130 Å². The average Bonchev–Trinajstić information content (AvgIpc) is 1.60. The number of nitrogens with zero attached hydrogens (tertiary/aromatic N) is 22. The monoisotopic (exact) mass is 2090 g/mol. The third kappa shape index (κ3) is 20.0. The predicted molar refractivity (Wildman–Crippen MR) is 495 cm³/mol. The van der Waals surface area contributed by atoms with Crippen molar-refractivity contribution in [2.75, 3.05) is 97.2 Å². The van der Waals surface area contributed by atoms with Crippen LogP contribution in [0.2, 0.25) is 0 Å². The zero-order valence-electron chi connectivity index (χ0n) is 76.4. The Labute approximate surface area is 831 Å². The van der Waals surface area contributed by atoms with Crippen LogP contribution < -0.4 is 68.0 Å². The molecule has 0 radical (unpaired) electrons. The van der Waals surface area contributed by atoms with Crippen LogP contribution in [0.5, 0.6) is 0 Å². The van der Waals surface area contributed by atoms with E-state index in [1.54, 1.807) is 5.48 Å². The van der Waals surface area contributed by atoms with Gasteiger partial charge >= 0.3 is 23.1 Å². The Bertz CT molecular complexity index is 7170. The molecule has 0 spiro atoms. The maximum absolute atomic E-state index is 13.4. The van der Waals surface area contributed by atoms with Crippen molar-refractivity contribution in [2.24, 2.45) is 0 Å². The van der Waals surface area contributed by atoms with Crippen LogP contribution in [0.25, 0.3) is 44.7 Å². The molecule has 28 atom stereocenters. The van der Waals surface area contributed by atoms with Crippen LogP contribution in [0.3, 0.4) is 0 Å². The Hall–Kier alpha value is -15.3. The lowest BCUT2D eigenvalue weighted by atomic mass is 9.97. The third-order valence-corrected chi connectivity index (χ3v) is 24.6. The predicted octanol–water partition coefficient (Wildman–Crippen LogP) is -14.9. The number of aliphatic hydroxyl groups excluding tert-OH is 21. The zero-order chi connectivity index (χ0) is 109. The number of anilines is 9. The molecule has 18 heterocycles. The first-order valence-electron chi connectivity index (χ1n) is 43.1. The minimum absolute atomic E-state index is 0.0136. The molecule has 0 bridgehead atoms. The number of nitrogens with one attached hydrogen (secondary N) is 2. The Balaban J connectivity index is 0.000000145. The number of rotatable bonds is 17. The van der Waals surface area contributed by atoms with Gasteiger partial charge in [-0.2, -0.15) is 49.2 Å². The van der Waals surface area contributed by atoms with Gasteiger partial charge in [0.15, 0.2) is 157 Å². The quantitative estimate of drug-likeness (QED) is 0.0229. The van der Waals surface area contributed by atoms with Crippen LogP contribution in [0.1, 0.15) is 56.4 Å². The molecule has 0 amide bonds. The summed E-state index contributed by atoms with van der Waals surface area (Å²) in [5.74, 6) is 13.7. The summed E-state index contributed by atoms with van der Waals surface area (Å²) >= 11 is 0. The van der Waals surface area contributed by atoms with Gasteiger partial charge in [0.05, 0.1) is 77.8 Å². The van der Waals surface area contributed by atoms with Crippen molar-refractivity contribution in [3.8, 4) is 86.4 Å². The van der Waals surface area contributed by atoms with Crippen LogP contribution in [-0.2, 0) is 33.2 Å². The molecule has 8 fully saturated rings. The second kappa shape index (κ2) is 43.6. The molecule has 19 rings (SSSR count). The Morgan fingerprint density at radius 2 is 0.651 bits per heavy atom. The number of hydrogen-bond donors (Lipinski definition) is 31. The van der Waals surface area contributed by atoms with E-state index in [1.807, 2.05) is 5.92 Å². The number of ether oxygens (including phenoxy) is 7. The molecule has 38 N–H and O–H groups in total. The lowest BCUT2D eigenvalue weighted by molar-refractivity contribution is -0.0938. The van der Waals surface area contributed by atoms with E-state index in [2.05, 4.69) is 116 Å². The average molecular weight is 2090 g/mol. The maximum Gasteiger partial charge on any atom is 0.351 e. The van der Waals surface area contributed by atoms with E-state index < -0.39 is 249 Å². The highest BCUT2D eigenvalue weighted by Gasteiger charge is 2.61. The fourth-order valence-corrected chi connectivity index (χ4v) is 16.0. The van der Waals surface area contributed by atoms with Crippen LogP contribution in [0.4, 0.5) is 61.4 Å². The number of nitrogen functional groups attached to an aromatic ring is 7. The minimum atomic E-state index is -1.89. The lowest BCUT2D eigenvalue weighted by Crippen LogP contribution is -2.45. The van der Waals surface area contributed by atoms with Crippen molar-refractivity contribution < 1.29 is 154 Å². The Kier molecular flexibility index (Phi) is 32.4. The second-order valence-corrected chi connectivity index (χ2v) is 33.5. The Morgan fingerprint density at radius 3 is 0.987 bits per heavy atom. The smallest absolute Gasteiger partial charge is 0.351 e. The second-order valence-electron chi connectivity index (χ2n) is 33.5. The summed E-state index contributed by atoms with van der Waals surface area (Å²) in [5, 5.41) is 218. The largest absolute Gasteiger partial charge is 0.392 e. The van der Waals surface area contributed by atoms with E-state index in [-0.39, 0.29) is 63.3 Å². The summed E-state index contributed by atoms with van der Waals surface area (Å²) in [6, 6.07) is 2.92. The number of aliphatic hydroxyl groups is 21. The first kappa shape index (κ1) is 111. The topological polar surface area (TPSA) is 995 Å². The van der Waals surface area contributed by atoms with Crippen LogP contribution in [-0.4, -0.2) is 396 Å². The number of imidazole rings is 4. The Morgan fingerprint density at radius 1 is 0.349 bits per heavy atom. The highest BCUT2D eigenvalue weighted by Crippen LogP contribution is 2.46. The van der Waals surface area contributed by atoms with E-state index in [1.165, 1.54) is 74.4 Å². The SMILES string of the molecule is C#C[C@]1(CO)O[C@@H](n2cc(F)c(N)nc2=O)C(O)[C@H]1O.C#C[C@]1(CO)O[C@@H](n2ccc(N)nc2=O)C(O)[C@H]1O.C#C[C@]1(CO)O[C@@H](n2ccc(NO)nc2=O)C(O)[C@H]1O.C#C[C@]1(CO)O[C@@H](n2cnc3c(N)nc(F)nc32)C(O)[C@H]1O.C#C[C@]1(CO)O[C@@H](n2cnc3c(N)nc(N)nc32)C(O)[C@H]1O.C#C[C@]1(CO)O[C@@H](n2cnc3c(N)ncnc32)C(O)[C@H]1O.C#C[C@]1(CO)O[C@@H](n2cnc3c(NC4CC4)nc(N)nc32)C(O)[C@H]1O. The van der Waals surface area contributed by atoms with Crippen molar-refractivity contribution in [3.63, 3.8) is 0 Å². The van der Waals surface area contributed by atoms with Crippen LogP contribution in [0, 0.1) is 98.3 Å². The standard InChI is InChI=1S/C15H18N6O4.C12H12FN5O4.C12H14N6O4.C12H13N5O4.C11H12FN3O5.C11H13N3O6.C11H13N3O5/c1-2-15(5-22)10(24)9(23)13(25-15)21-6-17-8-11(18-7-3-4-7)19-14(16)20-12(8)21;1-2-12(3-19)7(21)6(20)10(22-12)18-4-15-5-8(14)16-11(13)17-9(5)18;1-2-12(3-19)7(21)6(20)10(22-12)18-4-15-5-8(13)16-11(14)17-9(5)18;1-2-12(3-18)8(20)7(19)11(21-12)17-5-16-6-9(13)14-4-15-10(6)17;1-2-11(4-16)7(18)6(17)9(20-11)15-3-5(12)8(13)14-10(15)19;1-2-11(5-15)8(17)7(16)9(20-11)14-4-3-6(13-19)12-10(14)18;1-2-11(5-15)8(17)7(16)9(19-11)14-4-3-6(12)13-10(14)18/h1,6-7,9-10,13,22-24H,3-5H2,(H3,16,18,19,20);1,4,6-7,10,19-21H,3H2,(H2,14,16,17);1,4,6-7,10,19-21H,3H2,(H4,13,14,16,17);1,4-5,7-8,11,18-20H,3H2,(H2,13,14,15);1,3,6-7,9,16-18H,4H2,(H2,13,14,19);1,3-4,7-9,15-17,19H,5H2,(H,12,13,18);1,3-4,7-9,15-17H,5H2,(H2,12,13,18)/t9?,10-,13-,15-;2*6?,7-,10-,12-;7?,8-,11-,12-;6?,7-,9-,11-;2*7?,8-,9-,11-/m1111111/s1. The molecule has 7 saturated heterocycles. The first-order valence-corrected chi connectivity index (χ1v) is 43.1. The van der Waals surface area contributed by atoms with Gasteiger partial charge in [0.1, 0.15) is 109 Å². The summed E-state index contributed by atoms with van der Waals surface area (Å²) < 4.78 is 72.2. The molecule has 792 valence electrons. The summed E-state index contributed by atoms with van der Waals surface area (Å²) in [6.07, 6.45) is 18.0. The van der Waals surface area contributed by atoms with E-state index >= 15 is 0 Å². The normalized spacial score (nSPS) is 32.4. The highest BCUT2D eigenvalue weighted by molar-refractivity contribution is 5.85. The first-order chi connectivity index (χ1) is 70.7. The highest BCUT2D eigenvalue weighted by atomic mass is 19.1. The summed E-state index contributed by atoms with van der Waals surface area (Å²) in [7, 11) is 0. The van der Waals surface area contributed by atoms with Gasteiger partial charge in [0.25, 0.3) is 0 Å². The molecule has 1 saturated carbocycles. The van der Waals surface area contributed by atoms with Crippen molar-refractivity contribution in [1.82, 2.24) is 107 Å². The number of nitrogens with two attached hydrogens (primary N) is 7. The molecule has 7 unspecified atom stereocenters. The fourth-order valence-electron chi connectivity index (χ4n) is 16.0. The number of aromatic nitrogens is 22. The van der Waals surface area contributed by atoms with Gasteiger partial charge in [-0.15, -0.1) is 45.0 Å². The van der Waals surface area contributed by atoms with Crippen molar-refractivity contribution in [3.05, 3.63) is 106 Å². The molecule has 0 aromatic carbocycles. The summed E-state index contributed by atoms with van der Waals surface area (Å²) in [5.41, 5.74) is 27.5. The van der Waals surface area contributed by atoms with Crippen molar-refractivity contribution >= 4 is 97.3 Å². The van der Waals surface area contributed by atoms with Gasteiger partial charge in [-0.25, -0.2) is 48.7 Å². The van der Waals surface area contributed by atoms with Crippen molar-refractivity contribution in [1.29, 1.82) is 0 Å². The van der Waals surface area contributed by atoms with Gasteiger partial charge in [-0.1, -0.05) is 41.4 Å². The number of hydrogen-bond acceptors (Lipinski definition) is 56. The van der Waals surface area contributed by atoms with E-state index in [4.69, 9.17) is 123 Å². The fraction of sp³-hybridized carbons (Fsp3) is 0.452. The number of terminal acetylenes is 7. The zero-order valence-corrected chi connectivity index (χ0v) is 76.4. The molecule has 7 aliphatic heterocycles. The third-order valence-electron chi connectivity index (χ3n) is 24.6. The molecule has 149 heavy (non-hydrogen) atoms. The number of halogens is 2. The molecule has 1 aliphatic carbocycles. The molecule has 65 heteroatoms. The van der Waals surface area contributed by atoms with Crippen molar-refractivity contribution in [2.45, 2.75) is 187 Å². The van der Waals surface area contributed by atoms with Gasteiger partial charge < -0.3 is 186 Å². The van der Waals surface area contributed by atoms with E-state index in [0.717, 1.165) is 22.0 Å².